The predicted molar refractivity (Wildman–Crippen MR) is 79.7 cm³/mol. The summed E-state index contributed by atoms with van der Waals surface area (Å²) in [5.41, 5.74) is 2.33. The van der Waals surface area contributed by atoms with Gasteiger partial charge in [-0.1, -0.05) is 28.9 Å². The molecule has 1 atom stereocenters. The van der Waals surface area contributed by atoms with Crippen LogP contribution in [0.25, 0.3) is 0 Å². The normalized spacial score (nSPS) is 12.6. The molecule has 0 amide bonds. The van der Waals surface area contributed by atoms with Gasteiger partial charge in [-0.25, -0.2) is 4.39 Å². The van der Waals surface area contributed by atoms with E-state index >= 15 is 0 Å². The van der Waals surface area contributed by atoms with E-state index in [1.54, 1.807) is 0 Å². The van der Waals surface area contributed by atoms with Crippen LogP contribution >= 0.6 is 15.9 Å². The van der Waals surface area contributed by atoms with Crippen molar-refractivity contribution in [1.82, 2.24) is 9.88 Å². The molecule has 2 rings (SSSR count). The van der Waals surface area contributed by atoms with Gasteiger partial charge in [0.25, 0.3) is 0 Å². The van der Waals surface area contributed by atoms with E-state index < -0.39 is 0 Å². The van der Waals surface area contributed by atoms with Crippen LogP contribution in [0.15, 0.2) is 41.1 Å². The van der Waals surface area contributed by atoms with Crippen molar-refractivity contribution in [2.45, 2.75) is 26.4 Å². The quantitative estimate of drug-likeness (QED) is 0.875. The Morgan fingerprint density at radius 3 is 2.84 bits per heavy atom. The summed E-state index contributed by atoms with van der Waals surface area (Å²) in [5.74, 6) is -0.218. The molecule has 1 aromatic heterocycles. The molecule has 0 bridgehead atoms. The summed E-state index contributed by atoms with van der Waals surface area (Å²) >= 11 is 3.40. The molecule has 1 heterocycles. The van der Waals surface area contributed by atoms with Crippen LogP contribution in [0.5, 0.6) is 0 Å². The van der Waals surface area contributed by atoms with Crippen molar-refractivity contribution in [3.05, 3.63) is 58.1 Å². The maximum atomic E-state index is 13.0. The summed E-state index contributed by atoms with van der Waals surface area (Å²) < 4.78 is 16.0. The predicted octanol–water partition coefficient (Wildman–Crippen LogP) is 4.11. The van der Waals surface area contributed by atoms with E-state index in [9.17, 15) is 4.39 Å². The zero-order chi connectivity index (χ0) is 13.8. The van der Waals surface area contributed by atoms with Crippen LogP contribution in [0.4, 0.5) is 4.39 Å². The molecule has 102 valence electrons. The Morgan fingerprint density at radius 2 is 2.16 bits per heavy atom. The number of hydrogen-bond acceptors (Lipinski definition) is 1. The highest BCUT2D eigenvalue weighted by atomic mass is 79.9. The van der Waals surface area contributed by atoms with E-state index in [0.717, 1.165) is 23.1 Å². The van der Waals surface area contributed by atoms with Crippen molar-refractivity contribution < 1.29 is 4.39 Å². The fourth-order valence-electron chi connectivity index (χ4n) is 2.08. The van der Waals surface area contributed by atoms with Gasteiger partial charge in [0, 0.05) is 29.5 Å². The number of rotatable bonds is 5. The fourth-order valence-corrected chi connectivity index (χ4v) is 2.56. The van der Waals surface area contributed by atoms with Crippen LogP contribution in [0.3, 0.4) is 0 Å². The van der Waals surface area contributed by atoms with Crippen molar-refractivity contribution in [2.24, 2.45) is 0 Å². The summed E-state index contributed by atoms with van der Waals surface area (Å²) in [6.07, 6.45) is 4.18. The lowest BCUT2D eigenvalue weighted by molar-refractivity contribution is 0.596. The lowest BCUT2D eigenvalue weighted by atomic mass is 10.2. The first-order chi connectivity index (χ1) is 9.10. The summed E-state index contributed by atoms with van der Waals surface area (Å²) in [6, 6.07) is 7.27. The minimum atomic E-state index is -0.218. The van der Waals surface area contributed by atoms with E-state index in [4.69, 9.17) is 0 Å². The summed E-state index contributed by atoms with van der Waals surface area (Å²) in [6.45, 7) is 5.94. The third-order valence-corrected chi connectivity index (χ3v) is 3.89. The van der Waals surface area contributed by atoms with Gasteiger partial charge >= 0.3 is 0 Å². The van der Waals surface area contributed by atoms with Gasteiger partial charge in [-0.3, -0.25) is 0 Å². The molecule has 19 heavy (non-hydrogen) atoms. The van der Waals surface area contributed by atoms with Crippen molar-refractivity contribution in [3.63, 3.8) is 0 Å². The number of nitrogens with one attached hydrogen (secondary N) is 1. The first kappa shape index (κ1) is 14.3. The van der Waals surface area contributed by atoms with E-state index in [1.165, 1.54) is 17.7 Å². The molecule has 0 aliphatic carbocycles. The molecular weight excluding hydrogens is 307 g/mol. The number of benzene rings is 1. The molecule has 0 radical (unpaired) electrons. The van der Waals surface area contributed by atoms with Crippen LogP contribution < -0.4 is 5.32 Å². The lowest BCUT2D eigenvalue weighted by Crippen LogP contribution is -2.17. The van der Waals surface area contributed by atoms with Gasteiger partial charge in [0.15, 0.2) is 0 Å². The van der Waals surface area contributed by atoms with Gasteiger partial charge in [-0.15, -0.1) is 0 Å². The molecule has 0 fully saturated rings. The van der Waals surface area contributed by atoms with E-state index in [-0.39, 0.29) is 5.82 Å². The monoisotopic (exact) mass is 324 g/mol. The standard InChI is InChI=1S/C15H18BrFN2/c1-3-18-11(2)12-6-7-19(9-12)10-13-4-5-14(17)8-15(13)16/h4-9,11,18H,3,10H2,1-2H3. The van der Waals surface area contributed by atoms with Gasteiger partial charge < -0.3 is 9.88 Å². The zero-order valence-electron chi connectivity index (χ0n) is 11.2. The van der Waals surface area contributed by atoms with Crippen molar-refractivity contribution in [3.8, 4) is 0 Å². The van der Waals surface area contributed by atoms with Crippen molar-refractivity contribution >= 4 is 15.9 Å². The molecule has 1 aromatic carbocycles. The largest absolute Gasteiger partial charge is 0.350 e. The lowest BCUT2D eigenvalue weighted by Gasteiger charge is -2.10. The van der Waals surface area contributed by atoms with Gasteiger partial charge in [-0.05, 0) is 42.8 Å². The molecular formula is C15H18BrFN2. The Labute approximate surface area is 121 Å². The minimum Gasteiger partial charge on any atom is -0.350 e. The first-order valence-corrected chi connectivity index (χ1v) is 7.22. The SMILES string of the molecule is CCNC(C)c1ccn(Cc2ccc(F)cc2Br)c1. The second-order valence-corrected chi connectivity index (χ2v) is 5.49. The fraction of sp³-hybridized carbons (Fsp3) is 0.333. The molecule has 0 saturated carbocycles. The third-order valence-electron chi connectivity index (χ3n) is 3.15. The smallest absolute Gasteiger partial charge is 0.124 e. The van der Waals surface area contributed by atoms with Crippen LogP contribution in [-0.4, -0.2) is 11.1 Å². The molecule has 0 aliphatic rings. The molecule has 2 nitrogen and oxygen atoms in total. The number of halogens is 2. The first-order valence-electron chi connectivity index (χ1n) is 6.43. The van der Waals surface area contributed by atoms with Crippen LogP contribution in [-0.2, 0) is 6.54 Å². The van der Waals surface area contributed by atoms with Crippen LogP contribution in [0, 0.1) is 5.82 Å². The van der Waals surface area contributed by atoms with E-state index in [0.29, 0.717) is 6.04 Å². The Morgan fingerprint density at radius 1 is 1.37 bits per heavy atom. The van der Waals surface area contributed by atoms with Crippen LogP contribution in [0.2, 0.25) is 0 Å². The summed E-state index contributed by atoms with van der Waals surface area (Å²) in [4.78, 5) is 0. The Kier molecular flexibility index (Phi) is 4.77. The Balaban J connectivity index is 2.11. The maximum absolute atomic E-state index is 13.0. The molecule has 1 unspecified atom stereocenters. The highest BCUT2D eigenvalue weighted by Gasteiger charge is 2.07. The van der Waals surface area contributed by atoms with E-state index in [2.05, 4.69) is 58.1 Å². The molecule has 0 aliphatic heterocycles. The van der Waals surface area contributed by atoms with Crippen molar-refractivity contribution in [2.75, 3.05) is 6.54 Å². The van der Waals surface area contributed by atoms with Gasteiger partial charge in [-0.2, -0.15) is 0 Å². The molecule has 4 heteroatoms. The average Bonchev–Trinajstić information content (AvgIpc) is 2.82. The van der Waals surface area contributed by atoms with Gasteiger partial charge in [0.05, 0.1) is 0 Å². The summed E-state index contributed by atoms with van der Waals surface area (Å²) in [5, 5.41) is 3.39. The number of hydrogen-bond donors (Lipinski definition) is 1. The number of aromatic nitrogens is 1. The third kappa shape index (κ3) is 3.67. The van der Waals surface area contributed by atoms with Gasteiger partial charge in [0.2, 0.25) is 0 Å². The second kappa shape index (κ2) is 6.35. The van der Waals surface area contributed by atoms with E-state index in [1.807, 2.05) is 6.07 Å². The molecule has 0 saturated heterocycles. The minimum absolute atomic E-state index is 0.218. The molecule has 2 aromatic rings. The average molecular weight is 325 g/mol. The van der Waals surface area contributed by atoms with Crippen molar-refractivity contribution in [1.29, 1.82) is 0 Å². The van der Waals surface area contributed by atoms with Crippen LogP contribution in [0.1, 0.15) is 31.0 Å². The highest BCUT2D eigenvalue weighted by Crippen LogP contribution is 2.20. The topological polar surface area (TPSA) is 17.0 Å². The second-order valence-electron chi connectivity index (χ2n) is 4.63. The zero-order valence-corrected chi connectivity index (χ0v) is 12.7. The highest BCUT2D eigenvalue weighted by molar-refractivity contribution is 9.10. The van der Waals surface area contributed by atoms with Gasteiger partial charge in [0.1, 0.15) is 5.82 Å². The number of nitrogens with zero attached hydrogens (tertiary/aromatic N) is 1. The maximum Gasteiger partial charge on any atom is 0.124 e. The molecule has 0 spiro atoms. The molecule has 1 N–H and O–H groups in total. The Bertz CT molecular complexity index is 551. The summed E-state index contributed by atoms with van der Waals surface area (Å²) in [7, 11) is 0. The Hall–Kier alpha value is -1.13.